The molecule has 0 saturated carbocycles. The second-order valence-corrected chi connectivity index (χ2v) is 4.18. The van der Waals surface area contributed by atoms with Gasteiger partial charge in [-0.05, 0) is 12.1 Å². The topological polar surface area (TPSA) is 57.6 Å². The Hall–Kier alpha value is -2.05. The summed E-state index contributed by atoms with van der Waals surface area (Å²) in [6, 6.07) is 1.14. The lowest BCUT2D eigenvalue weighted by atomic mass is 10.1. The molecular formula is C12H12F3NO3. The van der Waals surface area contributed by atoms with Gasteiger partial charge < -0.3 is 10.0 Å². The van der Waals surface area contributed by atoms with Crippen LogP contribution >= 0.6 is 0 Å². The van der Waals surface area contributed by atoms with Crippen LogP contribution < -0.4 is 0 Å². The predicted octanol–water partition coefficient (Wildman–Crippen LogP) is 1.90. The molecule has 1 N–H and O–H groups in total. The number of carboxylic acid groups (broad SMARTS) is 1. The van der Waals surface area contributed by atoms with Crippen LogP contribution in [0.3, 0.4) is 0 Å². The van der Waals surface area contributed by atoms with Crippen molar-refractivity contribution in [3.63, 3.8) is 0 Å². The molecule has 1 unspecified atom stereocenters. The van der Waals surface area contributed by atoms with Gasteiger partial charge in [0.1, 0.15) is 0 Å². The lowest BCUT2D eigenvalue weighted by Crippen LogP contribution is -2.33. The van der Waals surface area contributed by atoms with Crippen molar-refractivity contribution in [1.82, 2.24) is 4.90 Å². The Morgan fingerprint density at radius 3 is 2.16 bits per heavy atom. The molecule has 1 aromatic rings. The first kappa shape index (κ1) is 15.0. The maximum atomic E-state index is 13.0. The van der Waals surface area contributed by atoms with Gasteiger partial charge in [-0.1, -0.05) is 6.92 Å². The Morgan fingerprint density at radius 1 is 1.26 bits per heavy atom. The molecule has 19 heavy (non-hydrogen) atoms. The van der Waals surface area contributed by atoms with Crippen molar-refractivity contribution in [2.24, 2.45) is 5.92 Å². The molecule has 0 spiro atoms. The van der Waals surface area contributed by atoms with E-state index in [1.165, 1.54) is 14.0 Å². The number of benzene rings is 1. The minimum Gasteiger partial charge on any atom is -0.481 e. The van der Waals surface area contributed by atoms with Gasteiger partial charge in [-0.25, -0.2) is 13.2 Å². The van der Waals surface area contributed by atoms with Crippen molar-refractivity contribution in [2.75, 3.05) is 13.6 Å². The summed E-state index contributed by atoms with van der Waals surface area (Å²) in [5, 5.41) is 8.70. The SMILES string of the molecule is CC(CN(C)C(=O)c1cc(F)c(F)c(F)c1)C(=O)O. The summed E-state index contributed by atoms with van der Waals surface area (Å²) in [5.74, 6) is -7.31. The molecule has 104 valence electrons. The van der Waals surface area contributed by atoms with Crippen LogP contribution in [0.15, 0.2) is 12.1 Å². The Bertz CT molecular complexity index is 496. The molecule has 1 amide bonds. The average molecular weight is 275 g/mol. The summed E-state index contributed by atoms with van der Waals surface area (Å²) < 4.78 is 38.7. The van der Waals surface area contributed by atoms with Crippen LogP contribution in [0.5, 0.6) is 0 Å². The maximum Gasteiger partial charge on any atom is 0.308 e. The van der Waals surface area contributed by atoms with E-state index in [1.807, 2.05) is 0 Å². The maximum absolute atomic E-state index is 13.0. The van der Waals surface area contributed by atoms with Gasteiger partial charge in [-0.2, -0.15) is 0 Å². The molecule has 1 aromatic carbocycles. The molecule has 1 atom stereocenters. The van der Waals surface area contributed by atoms with Gasteiger partial charge in [0, 0.05) is 19.2 Å². The Morgan fingerprint density at radius 2 is 1.74 bits per heavy atom. The normalized spacial score (nSPS) is 12.1. The molecular weight excluding hydrogens is 263 g/mol. The molecule has 0 aliphatic rings. The molecule has 0 aliphatic carbocycles. The molecule has 4 nitrogen and oxygen atoms in total. The fourth-order valence-corrected chi connectivity index (χ4v) is 1.47. The zero-order chi connectivity index (χ0) is 14.7. The number of hydrogen-bond donors (Lipinski definition) is 1. The molecule has 0 aromatic heterocycles. The number of hydrogen-bond acceptors (Lipinski definition) is 2. The van der Waals surface area contributed by atoms with Gasteiger partial charge in [0.05, 0.1) is 5.92 Å². The molecule has 0 saturated heterocycles. The van der Waals surface area contributed by atoms with E-state index in [4.69, 9.17) is 5.11 Å². The zero-order valence-corrected chi connectivity index (χ0v) is 10.3. The lowest BCUT2D eigenvalue weighted by Gasteiger charge is -2.19. The van der Waals surface area contributed by atoms with E-state index < -0.39 is 35.2 Å². The van der Waals surface area contributed by atoms with Gasteiger partial charge in [0.15, 0.2) is 17.5 Å². The van der Waals surface area contributed by atoms with Gasteiger partial charge in [-0.15, -0.1) is 0 Å². The first-order valence-corrected chi connectivity index (χ1v) is 5.36. The number of halogens is 3. The number of amides is 1. The van der Waals surface area contributed by atoms with E-state index in [9.17, 15) is 22.8 Å². The van der Waals surface area contributed by atoms with E-state index in [-0.39, 0.29) is 12.1 Å². The Kier molecular flexibility index (Phi) is 4.52. The highest BCUT2D eigenvalue weighted by molar-refractivity contribution is 5.94. The molecule has 7 heteroatoms. The van der Waals surface area contributed by atoms with Gasteiger partial charge in [0.2, 0.25) is 0 Å². The van der Waals surface area contributed by atoms with Gasteiger partial charge in [-0.3, -0.25) is 9.59 Å². The first-order valence-electron chi connectivity index (χ1n) is 5.36. The van der Waals surface area contributed by atoms with Crippen LogP contribution in [-0.4, -0.2) is 35.5 Å². The number of rotatable bonds is 4. The van der Waals surface area contributed by atoms with Crippen molar-refractivity contribution >= 4 is 11.9 Å². The number of nitrogens with zero attached hydrogens (tertiary/aromatic N) is 1. The fourth-order valence-electron chi connectivity index (χ4n) is 1.47. The average Bonchev–Trinajstić information content (AvgIpc) is 2.33. The van der Waals surface area contributed by atoms with Crippen molar-refractivity contribution in [3.05, 3.63) is 35.1 Å². The van der Waals surface area contributed by atoms with Crippen LogP contribution in [0.25, 0.3) is 0 Å². The highest BCUT2D eigenvalue weighted by Crippen LogP contribution is 2.15. The standard InChI is InChI=1S/C12H12F3NO3/c1-6(12(18)19)5-16(2)11(17)7-3-8(13)10(15)9(14)4-7/h3-4,6H,5H2,1-2H3,(H,18,19). The van der Waals surface area contributed by atoms with E-state index in [2.05, 4.69) is 0 Å². The Balaban J connectivity index is 2.91. The van der Waals surface area contributed by atoms with Crippen molar-refractivity contribution in [1.29, 1.82) is 0 Å². The summed E-state index contributed by atoms with van der Waals surface area (Å²) in [4.78, 5) is 23.4. The van der Waals surface area contributed by atoms with Crippen LogP contribution in [0.2, 0.25) is 0 Å². The van der Waals surface area contributed by atoms with Gasteiger partial charge in [0.25, 0.3) is 5.91 Å². The summed E-state index contributed by atoms with van der Waals surface area (Å²) in [5.41, 5.74) is -0.378. The van der Waals surface area contributed by atoms with Crippen LogP contribution in [-0.2, 0) is 4.79 Å². The lowest BCUT2D eigenvalue weighted by molar-refractivity contribution is -0.141. The zero-order valence-electron chi connectivity index (χ0n) is 10.3. The number of carbonyl (C=O) groups is 2. The summed E-state index contributed by atoms with van der Waals surface area (Å²) in [6.45, 7) is 1.26. The Labute approximate surface area is 107 Å². The molecule has 0 aliphatic heterocycles. The number of carboxylic acids is 1. The second kappa shape index (κ2) is 5.73. The van der Waals surface area contributed by atoms with Crippen molar-refractivity contribution < 1.29 is 27.9 Å². The van der Waals surface area contributed by atoms with Crippen LogP contribution in [0.1, 0.15) is 17.3 Å². The van der Waals surface area contributed by atoms with E-state index in [0.717, 1.165) is 4.90 Å². The van der Waals surface area contributed by atoms with E-state index in [1.54, 1.807) is 0 Å². The smallest absolute Gasteiger partial charge is 0.308 e. The molecule has 1 rings (SSSR count). The highest BCUT2D eigenvalue weighted by Gasteiger charge is 2.21. The molecule has 0 heterocycles. The highest BCUT2D eigenvalue weighted by atomic mass is 19.2. The van der Waals surface area contributed by atoms with E-state index >= 15 is 0 Å². The molecule has 0 bridgehead atoms. The quantitative estimate of drug-likeness (QED) is 0.854. The van der Waals surface area contributed by atoms with Crippen LogP contribution in [0.4, 0.5) is 13.2 Å². The molecule has 0 radical (unpaired) electrons. The molecule has 0 fully saturated rings. The van der Waals surface area contributed by atoms with Gasteiger partial charge >= 0.3 is 5.97 Å². The third kappa shape index (κ3) is 3.46. The number of carbonyl (C=O) groups excluding carboxylic acids is 1. The third-order valence-electron chi connectivity index (χ3n) is 2.55. The first-order chi connectivity index (χ1) is 8.73. The monoisotopic (exact) mass is 275 g/mol. The second-order valence-electron chi connectivity index (χ2n) is 4.18. The van der Waals surface area contributed by atoms with Crippen molar-refractivity contribution in [2.45, 2.75) is 6.92 Å². The predicted molar refractivity (Wildman–Crippen MR) is 60.1 cm³/mol. The van der Waals surface area contributed by atoms with Crippen molar-refractivity contribution in [3.8, 4) is 0 Å². The van der Waals surface area contributed by atoms with Crippen LogP contribution in [0, 0.1) is 23.4 Å². The minimum atomic E-state index is -1.65. The summed E-state index contributed by atoms with van der Waals surface area (Å²) in [7, 11) is 1.29. The number of aliphatic carboxylic acids is 1. The summed E-state index contributed by atoms with van der Waals surface area (Å²) in [6.07, 6.45) is 0. The fraction of sp³-hybridized carbons (Fsp3) is 0.333. The summed E-state index contributed by atoms with van der Waals surface area (Å²) >= 11 is 0. The largest absolute Gasteiger partial charge is 0.481 e. The van der Waals surface area contributed by atoms with E-state index in [0.29, 0.717) is 12.1 Å². The minimum absolute atomic E-state index is 0.130. The third-order valence-corrected chi connectivity index (χ3v) is 2.55.